The first-order valence-electron chi connectivity index (χ1n) is 6.05. The third kappa shape index (κ3) is 2.92. The van der Waals surface area contributed by atoms with Crippen LogP contribution in [0.15, 0.2) is 30.3 Å². The third-order valence-electron chi connectivity index (χ3n) is 3.57. The van der Waals surface area contributed by atoms with Gasteiger partial charge in [0, 0.05) is 11.8 Å². The number of hydrogen-bond acceptors (Lipinski definition) is 1. The van der Waals surface area contributed by atoms with Gasteiger partial charge in [-0.05, 0) is 24.8 Å². The van der Waals surface area contributed by atoms with Crippen LogP contribution in [0.5, 0.6) is 0 Å². The Morgan fingerprint density at radius 2 is 1.83 bits per heavy atom. The summed E-state index contributed by atoms with van der Waals surface area (Å²) in [7, 11) is 0. The zero-order chi connectivity index (χ0) is 13.2. The molecule has 1 unspecified atom stereocenters. The van der Waals surface area contributed by atoms with Gasteiger partial charge in [0.05, 0.1) is 6.42 Å². The van der Waals surface area contributed by atoms with Gasteiger partial charge in [-0.25, -0.2) is 0 Å². The Hall–Kier alpha value is -1.32. The van der Waals surface area contributed by atoms with Crippen LogP contribution in [0.3, 0.4) is 0 Å². The van der Waals surface area contributed by atoms with Crippen molar-refractivity contribution >= 4 is 5.78 Å². The van der Waals surface area contributed by atoms with Gasteiger partial charge >= 0.3 is 6.18 Å². The number of benzene rings is 1. The van der Waals surface area contributed by atoms with Gasteiger partial charge in [0.1, 0.15) is 5.78 Å². The first-order valence-corrected chi connectivity index (χ1v) is 6.05. The lowest BCUT2D eigenvalue weighted by atomic mass is 9.76. The van der Waals surface area contributed by atoms with Crippen molar-refractivity contribution in [2.75, 3.05) is 0 Å². The van der Waals surface area contributed by atoms with Crippen LogP contribution < -0.4 is 0 Å². The van der Waals surface area contributed by atoms with Gasteiger partial charge in [-0.15, -0.1) is 0 Å². The van der Waals surface area contributed by atoms with Crippen molar-refractivity contribution in [1.29, 1.82) is 0 Å². The number of carbonyl (C=O) groups excluding carboxylic acids is 1. The Morgan fingerprint density at radius 1 is 1.17 bits per heavy atom. The van der Waals surface area contributed by atoms with E-state index in [-0.39, 0.29) is 18.6 Å². The number of carbonyl (C=O) groups is 1. The summed E-state index contributed by atoms with van der Waals surface area (Å²) in [5.74, 6) is -0.233. The van der Waals surface area contributed by atoms with E-state index in [2.05, 4.69) is 0 Å². The minimum Gasteiger partial charge on any atom is -0.299 e. The molecule has 18 heavy (non-hydrogen) atoms. The van der Waals surface area contributed by atoms with Crippen molar-refractivity contribution < 1.29 is 18.0 Å². The van der Waals surface area contributed by atoms with Gasteiger partial charge in [-0.3, -0.25) is 4.79 Å². The van der Waals surface area contributed by atoms with Gasteiger partial charge in [0.25, 0.3) is 0 Å². The summed E-state index contributed by atoms with van der Waals surface area (Å²) in [5, 5.41) is 0. The van der Waals surface area contributed by atoms with E-state index >= 15 is 0 Å². The summed E-state index contributed by atoms with van der Waals surface area (Å²) in [6.07, 6.45) is -3.88. The first kappa shape index (κ1) is 13.1. The normalized spacial score (nSPS) is 24.5. The van der Waals surface area contributed by atoms with Crippen molar-refractivity contribution in [2.45, 2.75) is 38.3 Å². The summed E-state index contributed by atoms with van der Waals surface area (Å²) in [6.45, 7) is 0. The van der Waals surface area contributed by atoms with Gasteiger partial charge in [0.15, 0.2) is 0 Å². The highest BCUT2D eigenvalue weighted by molar-refractivity contribution is 5.87. The van der Waals surface area contributed by atoms with E-state index in [0.29, 0.717) is 12.8 Å². The second-order valence-electron chi connectivity index (χ2n) is 5.01. The lowest BCUT2D eigenvalue weighted by Gasteiger charge is -2.28. The molecule has 0 N–H and O–H groups in total. The minimum atomic E-state index is -4.28. The van der Waals surface area contributed by atoms with E-state index in [1.165, 1.54) is 0 Å². The molecule has 1 fully saturated rings. The molecule has 4 heteroatoms. The van der Waals surface area contributed by atoms with Gasteiger partial charge in [-0.2, -0.15) is 13.2 Å². The smallest absolute Gasteiger partial charge is 0.299 e. The topological polar surface area (TPSA) is 17.1 Å². The van der Waals surface area contributed by atoms with Crippen molar-refractivity contribution in [3.8, 4) is 0 Å². The average Bonchev–Trinajstić information content (AvgIpc) is 2.59. The van der Waals surface area contributed by atoms with Crippen LogP contribution in [0.25, 0.3) is 0 Å². The highest BCUT2D eigenvalue weighted by atomic mass is 19.4. The Balaban J connectivity index is 2.23. The zero-order valence-corrected chi connectivity index (χ0v) is 9.96. The fourth-order valence-electron chi connectivity index (χ4n) is 2.80. The molecule has 0 saturated heterocycles. The molecule has 0 spiro atoms. The predicted molar refractivity (Wildman–Crippen MR) is 62.1 cm³/mol. The van der Waals surface area contributed by atoms with Crippen LogP contribution in [0.4, 0.5) is 13.2 Å². The molecule has 0 aliphatic heterocycles. The number of rotatable bonds is 3. The highest BCUT2D eigenvalue weighted by Gasteiger charge is 2.49. The molecule has 98 valence electrons. The number of hydrogen-bond donors (Lipinski definition) is 0. The Morgan fingerprint density at radius 3 is 2.33 bits per heavy atom. The molecule has 0 heterocycles. The van der Waals surface area contributed by atoms with Crippen molar-refractivity contribution in [3.05, 3.63) is 35.9 Å². The second-order valence-corrected chi connectivity index (χ2v) is 5.01. The molecule has 1 aromatic rings. The number of halogens is 3. The molecule has 2 rings (SSSR count). The molecule has 1 nitrogen and oxygen atoms in total. The molecular weight excluding hydrogens is 241 g/mol. The lowest BCUT2D eigenvalue weighted by Crippen LogP contribution is -2.34. The van der Waals surface area contributed by atoms with Crippen LogP contribution >= 0.6 is 0 Å². The van der Waals surface area contributed by atoms with Crippen LogP contribution in [-0.2, 0) is 11.2 Å². The Bertz CT molecular complexity index is 424. The summed E-state index contributed by atoms with van der Waals surface area (Å²) >= 11 is 0. The van der Waals surface area contributed by atoms with E-state index in [1.807, 2.05) is 6.07 Å². The van der Waals surface area contributed by atoms with E-state index in [0.717, 1.165) is 5.56 Å². The standard InChI is InChI=1S/C14H15F3O/c15-14(16,17)10-13(8-4-7-12(13)18)9-11-5-2-1-3-6-11/h1-3,5-6H,4,7-10H2. The molecule has 0 aromatic heterocycles. The Kier molecular flexibility index (Phi) is 3.46. The largest absolute Gasteiger partial charge is 0.390 e. The van der Waals surface area contributed by atoms with Gasteiger partial charge in [-0.1, -0.05) is 30.3 Å². The number of ketones is 1. The van der Waals surface area contributed by atoms with Crippen molar-refractivity contribution in [1.82, 2.24) is 0 Å². The monoisotopic (exact) mass is 256 g/mol. The highest BCUT2D eigenvalue weighted by Crippen LogP contribution is 2.45. The SMILES string of the molecule is O=C1CCCC1(Cc1ccccc1)CC(F)(F)F. The van der Waals surface area contributed by atoms with Crippen LogP contribution in [0, 0.1) is 5.41 Å². The average molecular weight is 256 g/mol. The van der Waals surface area contributed by atoms with E-state index in [4.69, 9.17) is 0 Å². The lowest BCUT2D eigenvalue weighted by molar-refractivity contribution is -0.165. The molecule has 1 atom stereocenters. The summed E-state index contributed by atoms with van der Waals surface area (Å²) in [4.78, 5) is 11.9. The molecule has 1 aliphatic rings. The maximum atomic E-state index is 12.7. The molecular formula is C14H15F3O. The van der Waals surface area contributed by atoms with Crippen LogP contribution in [0.1, 0.15) is 31.2 Å². The second kappa shape index (κ2) is 4.75. The molecule has 1 aliphatic carbocycles. The maximum Gasteiger partial charge on any atom is 0.390 e. The summed E-state index contributed by atoms with van der Waals surface area (Å²) in [5.41, 5.74) is -0.420. The van der Waals surface area contributed by atoms with Gasteiger partial charge < -0.3 is 0 Å². The van der Waals surface area contributed by atoms with Crippen LogP contribution in [-0.4, -0.2) is 12.0 Å². The van der Waals surface area contributed by atoms with E-state index in [9.17, 15) is 18.0 Å². The number of alkyl halides is 3. The molecule has 0 bridgehead atoms. The van der Waals surface area contributed by atoms with E-state index < -0.39 is 18.0 Å². The van der Waals surface area contributed by atoms with Gasteiger partial charge in [0.2, 0.25) is 0 Å². The summed E-state index contributed by atoms with van der Waals surface area (Å²) < 4.78 is 38.0. The minimum absolute atomic E-state index is 0.201. The van der Waals surface area contributed by atoms with Crippen LogP contribution in [0.2, 0.25) is 0 Å². The maximum absolute atomic E-state index is 12.7. The molecule has 0 amide bonds. The third-order valence-corrected chi connectivity index (χ3v) is 3.57. The molecule has 1 aromatic carbocycles. The predicted octanol–water partition coefficient (Wildman–Crippen LogP) is 3.92. The van der Waals surface area contributed by atoms with Crippen molar-refractivity contribution in [3.63, 3.8) is 0 Å². The molecule has 1 saturated carbocycles. The quantitative estimate of drug-likeness (QED) is 0.801. The zero-order valence-electron chi connectivity index (χ0n) is 9.96. The number of Topliss-reactive ketones (excluding diaryl/α,β-unsaturated/α-hetero) is 1. The van der Waals surface area contributed by atoms with E-state index in [1.54, 1.807) is 24.3 Å². The fourth-order valence-corrected chi connectivity index (χ4v) is 2.80. The Labute approximate surface area is 104 Å². The molecule has 0 radical (unpaired) electrons. The van der Waals surface area contributed by atoms with Crippen molar-refractivity contribution in [2.24, 2.45) is 5.41 Å². The summed E-state index contributed by atoms with van der Waals surface area (Å²) in [6, 6.07) is 8.95. The fraction of sp³-hybridized carbons (Fsp3) is 0.500. The first-order chi connectivity index (χ1) is 8.41.